The first kappa shape index (κ1) is 21.0. The predicted molar refractivity (Wildman–Crippen MR) is 110 cm³/mol. The van der Waals surface area contributed by atoms with Gasteiger partial charge in [0.2, 0.25) is 21.7 Å². The Morgan fingerprint density at radius 2 is 1.79 bits per heavy atom. The Balaban J connectivity index is 1.96. The van der Waals surface area contributed by atoms with Crippen molar-refractivity contribution in [2.24, 2.45) is 0 Å². The van der Waals surface area contributed by atoms with E-state index in [1.807, 2.05) is 51.1 Å². The lowest BCUT2D eigenvalue weighted by molar-refractivity contribution is 0.321. The van der Waals surface area contributed by atoms with Gasteiger partial charge in [0, 0.05) is 11.5 Å². The number of sulfonamides is 1. The van der Waals surface area contributed by atoms with E-state index in [0.717, 1.165) is 5.56 Å². The normalized spacial score (nSPS) is 13.3. The first-order chi connectivity index (χ1) is 13.6. The monoisotopic (exact) mass is 415 g/mol. The van der Waals surface area contributed by atoms with Crippen LogP contribution >= 0.6 is 0 Å². The van der Waals surface area contributed by atoms with Crippen LogP contribution in [-0.4, -0.2) is 25.7 Å². The van der Waals surface area contributed by atoms with Crippen molar-refractivity contribution in [3.8, 4) is 17.1 Å². The third kappa shape index (κ3) is 4.65. The van der Waals surface area contributed by atoms with Gasteiger partial charge in [-0.15, -0.1) is 0 Å². The molecule has 1 aromatic heterocycles. The Morgan fingerprint density at radius 1 is 1.10 bits per heavy atom. The third-order valence-corrected chi connectivity index (χ3v) is 5.96. The van der Waals surface area contributed by atoms with Gasteiger partial charge in [-0.1, -0.05) is 56.3 Å². The van der Waals surface area contributed by atoms with Gasteiger partial charge in [0.25, 0.3) is 0 Å². The number of hydrogen-bond donors (Lipinski definition) is 1. The van der Waals surface area contributed by atoms with Gasteiger partial charge in [0.1, 0.15) is 5.75 Å². The highest BCUT2D eigenvalue weighted by molar-refractivity contribution is 7.89. The van der Waals surface area contributed by atoms with E-state index < -0.39 is 10.0 Å². The van der Waals surface area contributed by atoms with Crippen molar-refractivity contribution in [2.45, 2.75) is 44.0 Å². The number of ether oxygens (including phenoxy) is 1. The highest BCUT2D eigenvalue weighted by atomic mass is 32.2. The Labute approximate surface area is 171 Å². The van der Waals surface area contributed by atoms with Crippen molar-refractivity contribution in [3.63, 3.8) is 0 Å². The number of benzene rings is 2. The van der Waals surface area contributed by atoms with Crippen molar-refractivity contribution < 1.29 is 17.7 Å². The molecule has 0 saturated heterocycles. The van der Waals surface area contributed by atoms with Crippen LogP contribution < -0.4 is 9.46 Å². The molecule has 8 heteroatoms. The number of hydrogen-bond acceptors (Lipinski definition) is 6. The van der Waals surface area contributed by atoms with Crippen molar-refractivity contribution in [1.82, 2.24) is 14.9 Å². The number of methoxy groups -OCH3 is 1. The van der Waals surface area contributed by atoms with Crippen LogP contribution in [0.5, 0.6) is 5.75 Å². The minimum atomic E-state index is -3.78. The molecule has 0 saturated carbocycles. The highest BCUT2D eigenvalue weighted by Gasteiger charge is 2.25. The van der Waals surface area contributed by atoms with Crippen LogP contribution in [0.3, 0.4) is 0 Å². The molecule has 3 aromatic rings. The van der Waals surface area contributed by atoms with E-state index in [1.165, 1.54) is 19.2 Å². The molecule has 1 heterocycles. The smallest absolute Gasteiger partial charge is 0.241 e. The van der Waals surface area contributed by atoms with Gasteiger partial charge in [-0.3, -0.25) is 0 Å². The number of rotatable bonds is 6. The largest absolute Gasteiger partial charge is 0.496 e. The van der Waals surface area contributed by atoms with Crippen LogP contribution in [0.25, 0.3) is 11.4 Å². The van der Waals surface area contributed by atoms with E-state index in [1.54, 1.807) is 13.0 Å². The zero-order chi connectivity index (χ0) is 21.2. The zero-order valence-corrected chi connectivity index (χ0v) is 17.9. The molecule has 2 aromatic carbocycles. The minimum Gasteiger partial charge on any atom is -0.496 e. The SMILES string of the molecule is COc1ccc(S(=O)(=O)N[C@@H](C)c2ccccc2)cc1-c1noc(C(C)(C)C)n1. The van der Waals surface area contributed by atoms with Crippen molar-refractivity contribution in [3.05, 3.63) is 60.0 Å². The number of nitrogens with zero attached hydrogens (tertiary/aromatic N) is 2. The fourth-order valence-corrected chi connectivity index (χ4v) is 4.03. The van der Waals surface area contributed by atoms with Gasteiger partial charge in [0.15, 0.2) is 0 Å². The summed E-state index contributed by atoms with van der Waals surface area (Å²) in [6, 6.07) is 13.6. The Bertz CT molecular complexity index is 1090. The molecule has 0 radical (unpaired) electrons. The molecule has 0 unspecified atom stereocenters. The summed E-state index contributed by atoms with van der Waals surface area (Å²) in [6.07, 6.45) is 0. The summed E-state index contributed by atoms with van der Waals surface area (Å²) < 4.78 is 39.3. The molecule has 0 amide bonds. The summed E-state index contributed by atoms with van der Waals surface area (Å²) in [6.45, 7) is 7.66. The topological polar surface area (TPSA) is 94.3 Å². The molecule has 154 valence electrons. The summed E-state index contributed by atoms with van der Waals surface area (Å²) >= 11 is 0. The van der Waals surface area contributed by atoms with Crippen LogP contribution in [0.2, 0.25) is 0 Å². The maximum absolute atomic E-state index is 12.9. The number of aromatic nitrogens is 2. The van der Waals surface area contributed by atoms with Crippen molar-refractivity contribution in [1.29, 1.82) is 0 Å². The molecule has 1 N–H and O–H groups in total. The lowest BCUT2D eigenvalue weighted by Gasteiger charge is -2.15. The van der Waals surface area contributed by atoms with Crippen molar-refractivity contribution >= 4 is 10.0 Å². The van der Waals surface area contributed by atoms with Gasteiger partial charge in [-0.05, 0) is 30.7 Å². The Morgan fingerprint density at radius 3 is 2.38 bits per heavy atom. The lowest BCUT2D eigenvalue weighted by Crippen LogP contribution is -2.26. The van der Waals surface area contributed by atoms with E-state index >= 15 is 0 Å². The second-order valence-corrected chi connectivity index (χ2v) is 9.50. The molecular formula is C21H25N3O4S. The standard InChI is InChI=1S/C21H25N3O4S/c1-14(15-9-7-6-8-10-15)24-29(25,26)16-11-12-18(27-5)17(13-16)19-22-20(28-23-19)21(2,3)4/h6-14,24H,1-5H3/t14-/m0/s1. The zero-order valence-electron chi connectivity index (χ0n) is 17.1. The van der Waals surface area contributed by atoms with E-state index in [-0.39, 0.29) is 22.2 Å². The van der Waals surface area contributed by atoms with Crippen LogP contribution in [0, 0.1) is 0 Å². The summed E-state index contributed by atoms with van der Waals surface area (Å²) in [7, 11) is -2.27. The molecule has 0 spiro atoms. The molecule has 0 aliphatic carbocycles. The summed E-state index contributed by atoms with van der Waals surface area (Å²) in [4.78, 5) is 4.51. The van der Waals surface area contributed by atoms with Crippen LogP contribution in [0.15, 0.2) is 57.9 Å². The molecule has 7 nitrogen and oxygen atoms in total. The van der Waals surface area contributed by atoms with Gasteiger partial charge >= 0.3 is 0 Å². The maximum Gasteiger partial charge on any atom is 0.241 e. The highest BCUT2D eigenvalue weighted by Crippen LogP contribution is 2.32. The molecule has 1 atom stereocenters. The van der Waals surface area contributed by atoms with Crippen LogP contribution in [0.4, 0.5) is 0 Å². The first-order valence-electron chi connectivity index (χ1n) is 9.21. The Hall–Kier alpha value is -2.71. The van der Waals surface area contributed by atoms with Gasteiger partial charge in [-0.2, -0.15) is 4.98 Å². The summed E-state index contributed by atoms with van der Waals surface area (Å²) in [5.41, 5.74) is 0.995. The second-order valence-electron chi connectivity index (χ2n) is 7.79. The van der Waals surface area contributed by atoms with E-state index in [0.29, 0.717) is 17.2 Å². The molecule has 0 aliphatic rings. The maximum atomic E-state index is 12.9. The van der Waals surface area contributed by atoms with Gasteiger partial charge in [0.05, 0.1) is 17.6 Å². The van der Waals surface area contributed by atoms with Crippen molar-refractivity contribution in [2.75, 3.05) is 7.11 Å². The molecular weight excluding hydrogens is 390 g/mol. The molecule has 0 fully saturated rings. The van der Waals surface area contributed by atoms with Crippen LogP contribution in [0.1, 0.15) is 45.2 Å². The average Bonchev–Trinajstić information content (AvgIpc) is 3.18. The molecule has 0 bridgehead atoms. The summed E-state index contributed by atoms with van der Waals surface area (Å²) in [5.74, 6) is 1.19. The second kappa shape index (κ2) is 7.96. The molecule has 3 rings (SSSR count). The molecule has 29 heavy (non-hydrogen) atoms. The quantitative estimate of drug-likeness (QED) is 0.652. The minimum absolute atomic E-state index is 0.0955. The average molecular weight is 416 g/mol. The van der Waals surface area contributed by atoms with E-state index in [9.17, 15) is 8.42 Å². The lowest BCUT2D eigenvalue weighted by atomic mass is 9.97. The third-order valence-electron chi connectivity index (χ3n) is 4.42. The van der Waals surface area contributed by atoms with Gasteiger partial charge < -0.3 is 9.26 Å². The number of nitrogens with one attached hydrogen (secondary N) is 1. The van der Waals surface area contributed by atoms with Gasteiger partial charge in [-0.25, -0.2) is 13.1 Å². The predicted octanol–water partition coefficient (Wildman–Crippen LogP) is 4.08. The fraction of sp³-hybridized carbons (Fsp3) is 0.333. The van der Waals surface area contributed by atoms with E-state index in [4.69, 9.17) is 9.26 Å². The molecule has 0 aliphatic heterocycles. The van der Waals surface area contributed by atoms with E-state index in [2.05, 4.69) is 14.9 Å². The summed E-state index contributed by atoms with van der Waals surface area (Å²) in [5, 5.41) is 4.01. The first-order valence-corrected chi connectivity index (χ1v) is 10.7. The fourth-order valence-electron chi connectivity index (χ4n) is 2.78. The van der Waals surface area contributed by atoms with Crippen LogP contribution in [-0.2, 0) is 15.4 Å². The Kier molecular flexibility index (Phi) is 5.77.